The summed E-state index contributed by atoms with van der Waals surface area (Å²) < 4.78 is 84.3. The van der Waals surface area contributed by atoms with Crippen LogP contribution in [0.2, 0.25) is 0 Å². The second-order valence-electron chi connectivity index (χ2n) is 8.31. The van der Waals surface area contributed by atoms with E-state index >= 15 is 0 Å². The first-order valence-corrected chi connectivity index (χ1v) is 11.4. The molecule has 0 aliphatic carbocycles. The molecule has 2 heterocycles. The zero-order chi connectivity index (χ0) is 26.8. The standard InChI is InChI=1S/C25H22F6N4O2/c1-2-37-20-5-3-16(4-6-20)21-7-8-22(33-32-21)34-9-11-35(12-10-34)23(36)17-13-18(24(26,27)28)15-19(14-17)25(29,30)31/h3-8,13-15H,2,9-12H2,1H3. The number of carbonyl (C=O) groups excluding carboxylic acids is 1. The zero-order valence-electron chi connectivity index (χ0n) is 19.6. The Balaban J connectivity index is 1.43. The summed E-state index contributed by atoms with van der Waals surface area (Å²) in [6.07, 6.45) is -10.0. The van der Waals surface area contributed by atoms with Crippen LogP contribution in [0.25, 0.3) is 11.3 Å². The van der Waals surface area contributed by atoms with E-state index < -0.39 is 35.0 Å². The van der Waals surface area contributed by atoms with E-state index in [4.69, 9.17) is 4.74 Å². The minimum absolute atomic E-state index is 0.00435. The molecular formula is C25H22F6N4O2. The quantitative estimate of drug-likeness (QED) is 0.410. The molecule has 3 aromatic rings. The molecule has 12 heteroatoms. The van der Waals surface area contributed by atoms with Crippen LogP contribution in [-0.4, -0.2) is 53.8 Å². The van der Waals surface area contributed by atoms with E-state index in [-0.39, 0.29) is 32.2 Å². The molecule has 1 amide bonds. The minimum atomic E-state index is -5.02. The fraction of sp³-hybridized carbons (Fsp3) is 0.320. The third kappa shape index (κ3) is 6.12. The van der Waals surface area contributed by atoms with Gasteiger partial charge in [-0.25, -0.2) is 0 Å². The fourth-order valence-corrected chi connectivity index (χ4v) is 3.94. The summed E-state index contributed by atoms with van der Waals surface area (Å²) in [4.78, 5) is 15.9. The molecule has 1 aromatic heterocycles. The lowest BCUT2D eigenvalue weighted by Crippen LogP contribution is -2.49. The molecular weight excluding hydrogens is 502 g/mol. The summed E-state index contributed by atoms with van der Waals surface area (Å²) in [6, 6.07) is 11.8. The predicted octanol–water partition coefficient (Wildman–Crippen LogP) is 5.54. The van der Waals surface area contributed by atoms with E-state index in [1.807, 2.05) is 36.1 Å². The van der Waals surface area contributed by atoms with E-state index in [0.29, 0.717) is 30.3 Å². The number of hydrogen-bond donors (Lipinski definition) is 0. The van der Waals surface area contributed by atoms with Crippen LogP contribution in [0.4, 0.5) is 32.2 Å². The maximum absolute atomic E-state index is 13.1. The van der Waals surface area contributed by atoms with Crippen molar-refractivity contribution in [3.05, 3.63) is 71.3 Å². The Bertz CT molecular complexity index is 1200. The van der Waals surface area contributed by atoms with E-state index in [2.05, 4.69) is 10.2 Å². The second kappa shape index (κ2) is 10.3. The van der Waals surface area contributed by atoms with Gasteiger partial charge in [0.1, 0.15) is 5.75 Å². The molecule has 0 spiro atoms. The number of aromatic nitrogens is 2. The van der Waals surface area contributed by atoms with Crippen molar-refractivity contribution in [1.82, 2.24) is 15.1 Å². The molecule has 37 heavy (non-hydrogen) atoms. The predicted molar refractivity (Wildman–Crippen MR) is 123 cm³/mol. The van der Waals surface area contributed by atoms with Crippen molar-refractivity contribution in [2.45, 2.75) is 19.3 Å². The number of halogens is 6. The molecule has 0 saturated carbocycles. The number of anilines is 1. The van der Waals surface area contributed by atoms with Crippen LogP contribution in [0.5, 0.6) is 5.75 Å². The summed E-state index contributed by atoms with van der Waals surface area (Å²) in [5, 5.41) is 8.47. The van der Waals surface area contributed by atoms with Crippen molar-refractivity contribution < 1.29 is 35.9 Å². The number of benzene rings is 2. The van der Waals surface area contributed by atoms with Crippen LogP contribution in [0.3, 0.4) is 0 Å². The molecule has 1 fully saturated rings. The number of piperazine rings is 1. The van der Waals surface area contributed by atoms with Crippen molar-refractivity contribution in [3.63, 3.8) is 0 Å². The number of amides is 1. The molecule has 6 nitrogen and oxygen atoms in total. The highest BCUT2D eigenvalue weighted by atomic mass is 19.4. The minimum Gasteiger partial charge on any atom is -0.494 e. The average Bonchev–Trinajstić information content (AvgIpc) is 2.88. The van der Waals surface area contributed by atoms with Gasteiger partial charge in [-0.2, -0.15) is 26.3 Å². The van der Waals surface area contributed by atoms with Crippen LogP contribution >= 0.6 is 0 Å². The summed E-state index contributed by atoms with van der Waals surface area (Å²) in [7, 11) is 0. The molecule has 1 aliphatic heterocycles. The van der Waals surface area contributed by atoms with Crippen molar-refractivity contribution >= 4 is 11.7 Å². The Morgan fingerprint density at radius 2 is 1.43 bits per heavy atom. The molecule has 1 aliphatic rings. The van der Waals surface area contributed by atoms with Crippen LogP contribution in [0.15, 0.2) is 54.6 Å². The van der Waals surface area contributed by atoms with E-state index in [1.54, 1.807) is 12.1 Å². The van der Waals surface area contributed by atoms with Gasteiger partial charge < -0.3 is 14.5 Å². The number of alkyl halides is 6. The summed E-state index contributed by atoms with van der Waals surface area (Å²) in [5.74, 6) is 0.386. The molecule has 1 saturated heterocycles. The molecule has 2 aromatic carbocycles. The average molecular weight is 524 g/mol. The summed E-state index contributed by atoms with van der Waals surface area (Å²) >= 11 is 0. The Morgan fingerprint density at radius 3 is 1.92 bits per heavy atom. The third-order valence-corrected chi connectivity index (χ3v) is 5.84. The van der Waals surface area contributed by atoms with Crippen molar-refractivity contribution in [2.24, 2.45) is 0 Å². The lowest BCUT2D eigenvalue weighted by atomic mass is 10.0. The van der Waals surface area contributed by atoms with Gasteiger partial charge in [-0.05, 0) is 61.5 Å². The molecule has 0 N–H and O–H groups in total. The summed E-state index contributed by atoms with van der Waals surface area (Å²) in [5.41, 5.74) is -2.21. The van der Waals surface area contributed by atoms with Crippen molar-refractivity contribution in [1.29, 1.82) is 0 Å². The van der Waals surface area contributed by atoms with Crippen LogP contribution < -0.4 is 9.64 Å². The summed E-state index contributed by atoms with van der Waals surface area (Å²) in [6.45, 7) is 3.21. The molecule has 0 radical (unpaired) electrons. The lowest BCUT2D eigenvalue weighted by molar-refractivity contribution is -0.143. The van der Waals surface area contributed by atoms with Crippen molar-refractivity contribution in [3.8, 4) is 17.0 Å². The van der Waals surface area contributed by atoms with Gasteiger partial charge in [0.05, 0.1) is 23.4 Å². The second-order valence-corrected chi connectivity index (χ2v) is 8.31. The van der Waals surface area contributed by atoms with Crippen molar-refractivity contribution in [2.75, 3.05) is 37.7 Å². The normalized spacial score (nSPS) is 14.6. The SMILES string of the molecule is CCOc1ccc(-c2ccc(N3CCN(C(=O)c4cc(C(F)(F)F)cc(C(F)(F)F)c4)CC3)nn2)cc1. The zero-order valence-corrected chi connectivity index (χ0v) is 19.6. The van der Waals surface area contributed by atoms with Gasteiger partial charge in [0.2, 0.25) is 0 Å². The van der Waals surface area contributed by atoms with Gasteiger partial charge >= 0.3 is 12.4 Å². The molecule has 196 valence electrons. The Labute approximate surface area is 208 Å². The monoisotopic (exact) mass is 524 g/mol. The lowest BCUT2D eigenvalue weighted by Gasteiger charge is -2.35. The highest BCUT2D eigenvalue weighted by molar-refractivity contribution is 5.95. The largest absolute Gasteiger partial charge is 0.494 e. The molecule has 0 atom stereocenters. The van der Waals surface area contributed by atoms with Crippen LogP contribution in [0.1, 0.15) is 28.4 Å². The Hall–Kier alpha value is -3.83. The van der Waals surface area contributed by atoms with Gasteiger partial charge in [-0.15, -0.1) is 10.2 Å². The van der Waals surface area contributed by atoms with E-state index in [0.717, 1.165) is 11.3 Å². The third-order valence-electron chi connectivity index (χ3n) is 5.84. The maximum Gasteiger partial charge on any atom is 0.416 e. The van der Waals surface area contributed by atoms with Gasteiger partial charge in [0.25, 0.3) is 5.91 Å². The van der Waals surface area contributed by atoms with Gasteiger partial charge in [-0.1, -0.05) is 0 Å². The maximum atomic E-state index is 13.1. The molecule has 0 bridgehead atoms. The van der Waals surface area contributed by atoms with E-state index in [1.165, 1.54) is 4.90 Å². The van der Waals surface area contributed by atoms with Crippen LogP contribution in [0, 0.1) is 0 Å². The Morgan fingerprint density at radius 1 is 0.838 bits per heavy atom. The highest BCUT2D eigenvalue weighted by Crippen LogP contribution is 2.36. The smallest absolute Gasteiger partial charge is 0.416 e. The first-order valence-electron chi connectivity index (χ1n) is 11.4. The molecule has 0 unspecified atom stereocenters. The van der Waals surface area contributed by atoms with Gasteiger partial charge in [-0.3, -0.25) is 4.79 Å². The number of hydrogen-bond acceptors (Lipinski definition) is 5. The first-order chi connectivity index (χ1) is 17.5. The number of nitrogens with zero attached hydrogens (tertiary/aromatic N) is 4. The first kappa shape index (κ1) is 26.2. The van der Waals surface area contributed by atoms with E-state index in [9.17, 15) is 31.1 Å². The Kier molecular flexibility index (Phi) is 7.28. The van der Waals surface area contributed by atoms with Crippen LogP contribution in [-0.2, 0) is 12.4 Å². The highest BCUT2D eigenvalue weighted by Gasteiger charge is 2.38. The number of ether oxygens (including phenoxy) is 1. The number of rotatable bonds is 5. The number of carbonyl (C=O) groups is 1. The topological polar surface area (TPSA) is 58.6 Å². The van der Waals surface area contributed by atoms with Gasteiger partial charge in [0, 0.05) is 37.3 Å². The fourth-order valence-electron chi connectivity index (χ4n) is 3.94. The van der Waals surface area contributed by atoms with Gasteiger partial charge in [0.15, 0.2) is 5.82 Å². The molecule has 4 rings (SSSR count).